The lowest BCUT2D eigenvalue weighted by molar-refractivity contribution is -0.139. The Balaban J connectivity index is 1.38. The van der Waals surface area contributed by atoms with Crippen molar-refractivity contribution in [3.05, 3.63) is 91.5 Å². The fraction of sp³-hybridized carbons (Fsp3) is 0.273. The minimum Gasteiger partial charge on any atom is -0.493 e. The first-order valence-corrected chi connectivity index (χ1v) is 16.1. The number of amides is 3. The zero-order valence-electron chi connectivity index (χ0n) is 26.1. The number of halogens is 2. The predicted octanol–water partition coefficient (Wildman–Crippen LogP) is 5.92. The van der Waals surface area contributed by atoms with E-state index in [1.54, 1.807) is 44.2 Å². The molecule has 1 atom stereocenters. The van der Waals surface area contributed by atoms with Gasteiger partial charge in [0.05, 0.1) is 42.6 Å². The van der Waals surface area contributed by atoms with Crippen molar-refractivity contribution in [2.24, 2.45) is 5.10 Å². The molecule has 3 aromatic carbocycles. The Morgan fingerprint density at radius 3 is 2.43 bits per heavy atom. The molecule has 3 amide bonds. The van der Waals surface area contributed by atoms with Crippen LogP contribution in [0.1, 0.15) is 43.5 Å². The van der Waals surface area contributed by atoms with Gasteiger partial charge in [-0.25, -0.2) is 15.0 Å². The van der Waals surface area contributed by atoms with Gasteiger partial charge in [-0.1, -0.05) is 34.1 Å². The van der Waals surface area contributed by atoms with E-state index in [9.17, 15) is 14.4 Å². The zero-order valence-corrected chi connectivity index (χ0v) is 29.3. The van der Waals surface area contributed by atoms with Crippen molar-refractivity contribution < 1.29 is 38.1 Å². The van der Waals surface area contributed by atoms with Gasteiger partial charge in [-0.05, 0) is 89.8 Å². The Hall–Kier alpha value is -4.56. The molecule has 1 aliphatic rings. The van der Waals surface area contributed by atoms with Gasteiger partial charge in [-0.15, -0.1) is 0 Å². The summed E-state index contributed by atoms with van der Waals surface area (Å²) in [6.07, 6.45) is 1.48. The fourth-order valence-electron chi connectivity index (χ4n) is 4.56. The van der Waals surface area contributed by atoms with E-state index in [1.165, 1.54) is 13.3 Å². The van der Waals surface area contributed by atoms with E-state index in [0.29, 0.717) is 51.8 Å². The summed E-state index contributed by atoms with van der Waals surface area (Å²) >= 11 is 6.98. The molecule has 1 heterocycles. The number of methoxy groups -OCH3 is 1. The molecule has 0 fully saturated rings. The summed E-state index contributed by atoms with van der Waals surface area (Å²) in [7, 11) is 1.44. The molecule has 3 aromatic rings. The molecule has 0 aliphatic carbocycles. The number of hydrogen-bond acceptors (Lipinski definition) is 9. The summed E-state index contributed by atoms with van der Waals surface area (Å²) in [5.74, 6) is 0.576. The average molecular weight is 774 g/mol. The number of carbonyl (C=O) groups excluding carboxylic acids is 3. The van der Waals surface area contributed by atoms with E-state index in [4.69, 9.17) is 23.7 Å². The van der Waals surface area contributed by atoms with E-state index in [1.807, 2.05) is 31.2 Å². The van der Waals surface area contributed by atoms with Crippen LogP contribution in [0.15, 0.2) is 79.9 Å². The molecular weight excluding hydrogens is 740 g/mol. The van der Waals surface area contributed by atoms with E-state index in [0.717, 1.165) is 10.0 Å². The third-order valence-electron chi connectivity index (χ3n) is 6.68. The second kappa shape index (κ2) is 16.8. The van der Waals surface area contributed by atoms with E-state index < -0.39 is 23.9 Å². The number of nitrogens with zero attached hydrogens (tertiary/aromatic N) is 1. The standard InChI is InChI=1S/C33H34Br2N4O8/c1-5-44-27-14-21(13-24(35)31(27)47-17-20-7-10-23(34)11-8-20)16-36-39-28(40)18-46-25-12-9-22(15-26(25)43-4)30-29(32(41)45-6-2)19(3)37-33(42)38-30/h7-16,30H,5-6,17-18H2,1-4H3,(H,39,40)(H2,37,38,42)/b36-16-/t30-/m1/s1. The lowest BCUT2D eigenvalue weighted by atomic mass is 9.95. The molecule has 1 aliphatic heterocycles. The number of rotatable bonds is 14. The summed E-state index contributed by atoms with van der Waals surface area (Å²) in [5.41, 5.74) is 5.31. The van der Waals surface area contributed by atoms with Gasteiger partial charge < -0.3 is 34.3 Å². The molecule has 0 bridgehead atoms. The van der Waals surface area contributed by atoms with E-state index >= 15 is 0 Å². The largest absolute Gasteiger partial charge is 0.493 e. The van der Waals surface area contributed by atoms with E-state index in [-0.39, 0.29) is 24.5 Å². The van der Waals surface area contributed by atoms with Crippen LogP contribution >= 0.6 is 31.9 Å². The van der Waals surface area contributed by atoms with Crippen LogP contribution < -0.4 is 35.0 Å². The Kier molecular flexibility index (Phi) is 12.6. The smallest absolute Gasteiger partial charge is 0.338 e. The molecule has 248 valence electrons. The highest BCUT2D eigenvalue weighted by molar-refractivity contribution is 9.10. The maximum atomic E-state index is 12.6. The van der Waals surface area contributed by atoms with Gasteiger partial charge in [0.15, 0.2) is 29.6 Å². The normalized spacial score (nSPS) is 14.3. The molecule has 4 rings (SSSR count). The average Bonchev–Trinajstić information content (AvgIpc) is 3.04. The SMILES string of the molecule is CCOC(=O)C1=C(C)NC(=O)N[C@@H]1c1ccc(OCC(=O)N/N=C\c2cc(Br)c(OCc3ccc(Br)cc3)c(OCC)c2)c(OC)c1. The van der Waals surface area contributed by atoms with Gasteiger partial charge in [0.1, 0.15) is 6.61 Å². The van der Waals surface area contributed by atoms with Crippen molar-refractivity contribution in [2.75, 3.05) is 26.9 Å². The monoisotopic (exact) mass is 772 g/mol. The first-order valence-electron chi connectivity index (χ1n) is 14.5. The number of ether oxygens (including phenoxy) is 5. The third-order valence-corrected chi connectivity index (χ3v) is 7.79. The highest BCUT2D eigenvalue weighted by atomic mass is 79.9. The summed E-state index contributed by atoms with van der Waals surface area (Å²) in [5, 5.41) is 9.38. The van der Waals surface area contributed by atoms with Gasteiger partial charge in [0.2, 0.25) is 0 Å². The number of allylic oxidation sites excluding steroid dienone is 1. The maximum Gasteiger partial charge on any atom is 0.338 e. The van der Waals surface area contributed by atoms with Crippen molar-refractivity contribution in [1.29, 1.82) is 0 Å². The van der Waals surface area contributed by atoms with Gasteiger partial charge in [-0.2, -0.15) is 5.10 Å². The van der Waals surface area contributed by atoms with Crippen LogP contribution in [0.4, 0.5) is 4.79 Å². The summed E-state index contributed by atoms with van der Waals surface area (Å²) in [6, 6.07) is 15.0. The molecule has 0 aromatic heterocycles. The fourth-order valence-corrected chi connectivity index (χ4v) is 5.40. The lowest BCUT2D eigenvalue weighted by Gasteiger charge is -2.28. The maximum absolute atomic E-state index is 12.6. The Morgan fingerprint density at radius 1 is 0.957 bits per heavy atom. The van der Waals surface area contributed by atoms with Crippen LogP contribution in [-0.2, 0) is 20.9 Å². The second-order valence-electron chi connectivity index (χ2n) is 9.96. The molecule has 0 unspecified atom stereocenters. The van der Waals surface area contributed by atoms with Crippen molar-refractivity contribution in [1.82, 2.24) is 16.1 Å². The molecule has 0 radical (unpaired) electrons. The topological polar surface area (TPSA) is 146 Å². The molecule has 0 saturated heterocycles. The molecule has 3 N–H and O–H groups in total. The predicted molar refractivity (Wildman–Crippen MR) is 182 cm³/mol. The van der Waals surface area contributed by atoms with Gasteiger partial charge >= 0.3 is 12.0 Å². The Bertz CT molecular complexity index is 1680. The zero-order chi connectivity index (χ0) is 33.9. The Morgan fingerprint density at radius 2 is 1.72 bits per heavy atom. The second-order valence-corrected chi connectivity index (χ2v) is 11.7. The number of carbonyl (C=O) groups is 3. The number of urea groups is 1. The minimum absolute atomic E-state index is 0.180. The molecule has 47 heavy (non-hydrogen) atoms. The number of hydrogen-bond donors (Lipinski definition) is 3. The number of nitrogens with one attached hydrogen (secondary N) is 3. The first-order chi connectivity index (χ1) is 22.6. The van der Waals surface area contributed by atoms with Crippen LogP contribution in [-0.4, -0.2) is 51.1 Å². The van der Waals surface area contributed by atoms with E-state index in [2.05, 4.69) is 53.0 Å². The van der Waals surface area contributed by atoms with Crippen LogP contribution in [0.2, 0.25) is 0 Å². The summed E-state index contributed by atoms with van der Waals surface area (Å²) < 4.78 is 29.8. The molecule has 12 nitrogen and oxygen atoms in total. The van der Waals surface area contributed by atoms with Crippen LogP contribution in [0.25, 0.3) is 0 Å². The highest BCUT2D eigenvalue weighted by Gasteiger charge is 2.32. The molecule has 0 spiro atoms. The number of benzene rings is 3. The highest BCUT2D eigenvalue weighted by Crippen LogP contribution is 2.37. The molecule has 14 heteroatoms. The van der Waals surface area contributed by atoms with Crippen LogP contribution in [0.3, 0.4) is 0 Å². The van der Waals surface area contributed by atoms with Crippen molar-refractivity contribution >= 4 is 56.0 Å². The first kappa shape index (κ1) is 35.3. The van der Waals surface area contributed by atoms with Gasteiger partial charge in [0, 0.05) is 10.2 Å². The van der Waals surface area contributed by atoms with Crippen LogP contribution in [0, 0.1) is 0 Å². The third kappa shape index (κ3) is 9.48. The van der Waals surface area contributed by atoms with Crippen molar-refractivity contribution in [2.45, 2.75) is 33.4 Å². The molecular formula is C33H34Br2N4O8. The van der Waals surface area contributed by atoms with Crippen molar-refractivity contribution in [3.63, 3.8) is 0 Å². The van der Waals surface area contributed by atoms with Crippen molar-refractivity contribution in [3.8, 4) is 23.0 Å². The van der Waals surface area contributed by atoms with Gasteiger partial charge in [0.25, 0.3) is 5.91 Å². The van der Waals surface area contributed by atoms with Crippen LogP contribution in [0.5, 0.6) is 23.0 Å². The summed E-state index contributed by atoms with van der Waals surface area (Å²) in [6.45, 7) is 5.80. The number of hydrazone groups is 1. The lowest BCUT2D eigenvalue weighted by Crippen LogP contribution is -2.45. The minimum atomic E-state index is -0.779. The molecule has 0 saturated carbocycles. The quantitative estimate of drug-likeness (QED) is 0.104. The number of esters is 1. The summed E-state index contributed by atoms with van der Waals surface area (Å²) in [4.78, 5) is 37.4. The van der Waals surface area contributed by atoms with Gasteiger partial charge in [-0.3, -0.25) is 4.79 Å². The Labute approximate surface area is 289 Å².